The number of anilines is 1. The molecule has 0 atom stereocenters. The van der Waals surface area contributed by atoms with Crippen LogP contribution in [0, 0.1) is 0 Å². The molecule has 3 aromatic rings. The van der Waals surface area contributed by atoms with Crippen LogP contribution in [0.5, 0.6) is 0 Å². The van der Waals surface area contributed by atoms with E-state index >= 15 is 0 Å². The first kappa shape index (κ1) is 24.9. The fraction of sp³-hybridized carbons (Fsp3) is 0.286. The maximum atomic E-state index is 13.6. The van der Waals surface area contributed by atoms with Crippen molar-refractivity contribution in [2.24, 2.45) is 0 Å². The molecule has 1 aliphatic heterocycles. The van der Waals surface area contributed by atoms with Crippen LogP contribution in [-0.4, -0.2) is 60.8 Å². The van der Waals surface area contributed by atoms with Crippen LogP contribution < -0.4 is 4.90 Å². The van der Waals surface area contributed by atoms with Crippen LogP contribution in [0.1, 0.15) is 23.2 Å². The van der Waals surface area contributed by atoms with Gasteiger partial charge in [0.05, 0.1) is 6.10 Å². The van der Waals surface area contributed by atoms with Crippen LogP contribution in [-0.2, 0) is 9.53 Å². The fourth-order valence-electron chi connectivity index (χ4n) is 4.29. The van der Waals surface area contributed by atoms with Gasteiger partial charge in [-0.25, -0.2) is 4.79 Å². The fourth-order valence-corrected chi connectivity index (χ4v) is 4.42. The maximum Gasteiger partial charge on any atom is 0.329 e. The quantitative estimate of drug-likeness (QED) is 0.443. The molecule has 0 aromatic heterocycles. The molecular weight excluding hydrogens is 464 g/mol. The van der Waals surface area contributed by atoms with Crippen LogP contribution in [0.15, 0.2) is 78.9 Å². The van der Waals surface area contributed by atoms with E-state index in [-0.39, 0.29) is 18.6 Å². The van der Waals surface area contributed by atoms with E-state index in [1.807, 2.05) is 66.7 Å². The molecule has 0 aliphatic carbocycles. The monoisotopic (exact) mass is 492 g/mol. The lowest BCUT2D eigenvalue weighted by Crippen LogP contribution is -2.43. The van der Waals surface area contributed by atoms with E-state index in [0.29, 0.717) is 23.7 Å². The summed E-state index contributed by atoms with van der Waals surface area (Å²) in [4.78, 5) is 28.4. The molecule has 1 fully saturated rings. The number of nitrogens with zero attached hydrogens (tertiary/aromatic N) is 2. The second kappa shape index (κ2) is 12.0. The summed E-state index contributed by atoms with van der Waals surface area (Å²) >= 11 is 6.09. The highest BCUT2D eigenvalue weighted by atomic mass is 35.5. The zero-order chi connectivity index (χ0) is 24.6. The normalized spacial score (nSPS) is 14.5. The Balaban J connectivity index is 1.43. The number of carbonyl (C=O) groups is 2. The Bertz CT molecular complexity index is 1110. The summed E-state index contributed by atoms with van der Waals surface area (Å²) in [6.07, 6.45) is 1.53. The zero-order valence-electron chi connectivity index (χ0n) is 19.5. The third-order valence-corrected chi connectivity index (χ3v) is 6.49. The molecule has 1 heterocycles. The van der Waals surface area contributed by atoms with Crippen molar-refractivity contribution in [1.29, 1.82) is 0 Å². The summed E-state index contributed by atoms with van der Waals surface area (Å²) in [7, 11) is 0. The first-order valence-electron chi connectivity index (χ1n) is 11.8. The van der Waals surface area contributed by atoms with Crippen molar-refractivity contribution in [3.05, 3.63) is 89.4 Å². The Morgan fingerprint density at radius 1 is 0.914 bits per heavy atom. The standard InChI is InChI=1S/C28H29ClN2O4/c29-24-10-12-25(13-11-24)31(19-18-30-16-14-26(15-17-30)35-20-27(32)33)28(34)23-8-6-22(7-9-23)21-4-2-1-3-5-21/h1-13,26H,14-20H2,(H,32,33). The molecule has 4 rings (SSSR count). The third-order valence-electron chi connectivity index (χ3n) is 6.24. The minimum atomic E-state index is -0.943. The van der Waals surface area contributed by atoms with E-state index in [0.717, 1.165) is 42.7 Å². The summed E-state index contributed by atoms with van der Waals surface area (Å²) in [6.45, 7) is 2.59. The van der Waals surface area contributed by atoms with Gasteiger partial charge in [-0.2, -0.15) is 0 Å². The molecule has 182 valence electrons. The van der Waals surface area contributed by atoms with Crippen molar-refractivity contribution in [1.82, 2.24) is 4.90 Å². The molecule has 0 saturated carbocycles. The van der Waals surface area contributed by atoms with Crippen molar-refractivity contribution < 1.29 is 19.4 Å². The summed E-state index contributed by atoms with van der Waals surface area (Å²) < 4.78 is 5.43. The third kappa shape index (κ3) is 6.92. The van der Waals surface area contributed by atoms with Crippen molar-refractivity contribution in [2.45, 2.75) is 18.9 Å². The van der Waals surface area contributed by atoms with Crippen LogP contribution in [0.4, 0.5) is 5.69 Å². The number of amides is 1. The van der Waals surface area contributed by atoms with E-state index in [1.54, 1.807) is 17.0 Å². The van der Waals surface area contributed by atoms with Gasteiger partial charge < -0.3 is 19.6 Å². The number of benzene rings is 3. The molecule has 3 aromatic carbocycles. The molecule has 6 nitrogen and oxygen atoms in total. The molecule has 1 N–H and O–H groups in total. The predicted octanol–water partition coefficient (Wildman–Crippen LogP) is 5.22. The minimum Gasteiger partial charge on any atom is -0.480 e. The minimum absolute atomic E-state index is 0.0283. The van der Waals surface area contributed by atoms with Gasteiger partial charge in [0.2, 0.25) is 0 Å². The Hall–Kier alpha value is -3.19. The number of likely N-dealkylation sites (tertiary alicyclic amines) is 1. The Morgan fingerprint density at radius 2 is 1.54 bits per heavy atom. The van der Waals surface area contributed by atoms with Crippen molar-refractivity contribution >= 4 is 29.2 Å². The van der Waals surface area contributed by atoms with Gasteiger partial charge in [-0.3, -0.25) is 4.79 Å². The number of ether oxygens (including phenoxy) is 1. The van der Waals surface area contributed by atoms with E-state index < -0.39 is 5.97 Å². The average Bonchev–Trinajstić information content (AvgIpc) is 2.89. The summed E-state index contributed by atoms with van der Waals surface area (Å²) in [5, 5.41) is 9.43. The van der Waals surface area contributed by atoms with E-state index in [9.17, 15) is 9.59 Å². The summed E-state index contributed by atoms with van der Waals surface area (Å²) in [5.74, 6) is -1.01. The SMILES string of the molecule is O=C(O)COC1CCN(CCN(C(=O)c2ccc(-c3ccccc3)cc2)c2ccc(Cl)cc2)CC1. The van der Waals surface area contributed by atoms with Gasteiger partial charge >= 0.3 is 5.97 Å². The highest BCUT2D eigenvalue weighted by Gasteiger charge is 2.23. The number of piperidine rings is 1. The molecule has 35 heavy (non-hydrogen) atoms. The largest absolute Gasteiger partial charge is 0.480 e. The average molecular weight is 493 g/mol. The maximum absolute atomic E-state index is 13.6. The lowest BCUT2D eigenvalue weighted by Gasteiger charge is -2.33. The highest BCUT2D eigenvalue weighted by Crippen LogP contribution is 2.23. The van der Waals surface area contributed by atoms with Gasteiger partial charge in [0.15, 0.2) is 0 Å². The van der Waals surface area contributed by atoms with Crippen LogP contribution >= 0.6 is 11.6 Å². The topological polar surface area (TPSA) is 70.1 Å². The Morgan fingerprint density at radius 3 is 2.17 bits per heavy atom. The van der Waals surface area contributed by atoms with Gasteiger partial charge in [0.25, 0.3) is 5.91 Å². The van der Waals surface area contributed by atoms with Crippen LogP contribution in [0.2, 0.25) is 5.02 Å². The predicted molar refractivity (Wildman–Crippen MR) is 138 cm³/mol. The Kier molecular flexibility index (Phi) is 8.53. The smallest absolute Gasteiger partial charge is 0.329 e. The number of carboxylic acid groups (broad SMARTS) is 1. The number of hydrogen-bond acceptors (Lipinski definition) is 4. The van der Waals surface area contributed by atoms with Gasteiger partial charge in [0.1, 0.15) is 6.61 Å². The van der Waals surface area contributed by atoms with Gasteiger partial charge in [0, 0.05) is 42.5 Å². The molecule has 1 amide bonds. The number of carboxylic acids is 1. The number of hydrogen-bond donors (Lipinski definition) is 1. The van der Waals surface area contributed by atoms with Crippen LogP contribution in [0.3, 0.4) is 0 Å². The van der Waals surface area contributed by atoms with Crippen LogP contribution in [0.25, 0.3) is 11.1 Å². The van der Waals surface area contributed by atoms with Gasteiger partial charge in [-0.05, 0) is 60.4 Å². The van der Waals surface area contributed by atoms with E-state index in [4.69, 9.17) is 21.4 Å². The molecule has 1 saturated heterocycles. The second-order valence-electron chi connectivity index (χ2n) is 8.62. The summed E-state index contributed by atoms with van der Waals surface area (Å²) in [6, 6.07) is 25.1. The molecule has 0 radical (unpaired) electrons. The Labute approximate surface area is 210 Å². The second-order valence-corrected chi connectivity index (χ2v) is 9.06. The highest BCUT2D eigenvalue weighted by molar-refractivity contribution is 6.30. The molecular formula is C28H29ClN2O4. The number of carbonyl (C=O) groups excluding carboxylic acids is 1. The first-order valence-corrected chi connectivity index (χ1v) is 12.2. The lowest BCUT2D eigenvalue weighted by atomic mass is 10.0. The first-order chi connectivity index (χ1) is 17.0. The molecule has 1 aliphatic rings. The van der Waals surface area contributed by atoms with Crippen molar-refractivity contribution in [3.63, 3.8) is 0 Å². The van der Waals surface area contributed by atoms with Gasteiger partial charge in [-0.15, -0.1) is 0 Å². The zero-order valence-corrected chi connectivity index (χ0v) is 20.2. The number of rotatable bonds is 9. The van der Waals surface area contributed by atoms with E-state index in [1.165, 1.54) is 0 Å². The summed E-state index contributed by atoms with van der Waals surface area (Å²) in [5.41, 5.74) is 3.59. The van der Waals surface area contributed by atoms with Gasteiger partial charge in [-0.1, -0.05) is 54.1 Å². The molecule has 0 unspecified atom stereocenters. The van der Waals surface area contributed by atoms with Crippen molar-refractivity contribution in [3.8, 4) is 11.1 Å². The lowest BCUT2D eigenvalue weighted by molar-refractivity contribution is -0.145. The molecule has 0 bridgehead atoms. The molecule has 0 spiro atoms. The van der Waals surface area contributed by atoms with Crippen molar-refractivity contribution in [2.75, 3.05) is 37.7 Å². The number of halogens is 1. The van der Waals surface area contributed by atoms with E-state index in [2.05, 4.69) is 4.90 Å². The molecule has 7 heteroatoms. The number of aliphatic carboxylic acids is 1.